The second kappa shape index (κ2) is 5.95. The predicted molar refractivity (Wildman–Crippen MR) is 70.8 cm³/mol. The summed E-state index contributed by atoms with van der Waals surface area (Å²) in [5.74, 6) is 0.0570. The zero-order chi connectivity index (χ0) is 13.9. The third-order valence-corrected chi connectivity index (χ3v) is 3.36. The molecule has 0 amide bonds. The van der Waals surface area contributed by atoms with Gasteiger partial charge in [-0.05, 0) is 19.9 Å². The molecule has 1 rings (SSSR count). The van der Waals surface area contributed by atoms with Crippen LogP contribution < -0.4 is 5.32 Å². The first-order valence-corrected chi connectivity index (χ1v) is 6.35. The van der Waals surface area contributed by atoms with Gasteiger partial charge < -0.3 is 5.32 Å². The average molecular weight is 254 g/mol. The van der Waals surface area contributed by atoms with E-state index in [1.54, 1.807) is 18.7 Å². The van der Waals surface area contributed by atoms with E-state index < -0.39 is 0 Å². The van der Waals surface area contributed by atoms with Crippen molar-refractivity contribution in [3.8, 4) is 0 Å². The number of likely N-dealkylation sites (N-methyl/N-ethyl adjacent to an activating group) is 1. The molecule has 0 aliphatic heterocycles. The number of hydrogen-bond donors (Lipinski definition) is 1. The number of nitro groups is 1. The molecule has 6 heteroatoms. The second-order valence-corrected chi connectivity index (χ2v) is 4.56. The van der Waals surface area contributed by atoms with Gasteiger partial charge in [-0.15, -0.1) is 0 Å². The molecule has 0 bridgehead atoms. The highest BCUT2D eigenvalue weighted by Gasteiger charge is 2.31. The predicted octanol–water partition coefficient (Wildman–Crippen LogP) is 2.13. The minimum atomic E-state index is -0.327. The fourth-order valence-electron chi connectivity index (χ4n) is 2.53. The van der Waals surface area contributed by atoms with E-state index in [1.807, 2.05) is 13.8 Å². The van der Waals surface area contributed by atoms with Crippen LogP contribution in [0.5, 0.6) is 0 Å². The molecule has 1 aromatic rings. The lowest BCUT2D eigenvalue weighted by atomic mass is 9.94. The Morgan fingerprint density at radius 2 is 2.11 bits per heavy atom. The number of aryl methyl sites for hydroxylation is 2. The van der Waals surface area contributed by atoms with Gasteiger partial charge in [0.15, 0.2) is 0 Å². The lowest BCUT2D eigenvalue weighted by Crippen LogP contribution is -2.34. The number of aromatic nitrogens is 2. The Kier molecular flexibility index (Phi) is 4.84. The van der Waals surface area contributed by atoms with Crippen molar-refractivity contribution in [2.24, 2.45) is 7.05 Å². The first kappa shape index (κ1) is 14.6. The summed E-state index contributed by atoms with van der Waals surface area (Å²) in [6.07, 6.45) is 0.927. The molecule has 0 spiro atoms. The molecule has 6 nitrogen and oxygen atoms in total. The van der Waals surface area contributed by atoms with E-state index in [1.165, 1.54) is 0 Å². The summed E-state index contributed by atoms with van der Waals surface area (Å²) in [6.45, 7) is 8.67. The maximum absolute atomic E-state index is 11.2. The zero-order valence-electron chi connectivity index (χ0n) is 11.7. The van der Waals surface area contributed by atoms with E-state index in [0.717, 1.165) is 13.0 Å². The monoisotopic (exact) mass is 254 g/mol. The molecule has 2 unspecified atom stereocenters. The molecule has 1 aromatic heterocycles. The molecule has 1 heterocycles. The summed E-state index contributed by atoms with van der Waals surface area (Å²) in [7, 11) is 1.77. The molecule has 0 fully saturated rings. The van der Waals surface area contributed by atoms with Crippen molar-refractivity contribution in [3.05, 3.63) is 21.5 Å². The lowest BCUT2D eigenvalue weighted by Gasteiger charge is -2.23. The Morgan fingerprint density at radius 3 is 2.56 bits per heavy atom. The van der Waals surface area contributed by atoms with Crippen LogP contribution in [0.4, 0.5) is 5.69 Å². The molecular weight excluding hydrogens is 232 g/mol. The minimum absolute atomic E-state index is 0.0570. The molecule has 18 heavy (non-hydrogen) atoms. The molecule has 1 N–H and O–H groups in total. The van der Waals surface area contributed by atoms with E-state index in [0.29, 0.717) is 11.4 Å². The van der Waals surface area contributed by atoms with Crippen molar-refractivity contribution in [1.29, 1.82) is 0 Å². The van der Waals surface area contributed by atoms with Crippen LogP contribution in [0.1, 0.15) is 44.5 Å². The Labute approximate surface area is 108 Å². The van der Waals surface area contributed by atoms with Gasteiger partial charge in [0.2, 0.25) is 0 Å². The highest BCUT2D eigenvalue weighted by Crippen LogP contribution is 2.31. The topological polar surface area (TPSA) is 73.0 Å². The van der Waals surface area contributed by atoms with Crippen LogP contribution in [-0.2, 0) is 7.05 Å². The van der Waals surface area contributed by atoms with Crippen LogP contribution in [0.25, 0.3) is 0 Å². The third-order valence-electron chi connectivity index (χ3n) is 3.36. The second-order valence-electron chi connectivity index (χ2n) is 4.56. The smallest absolute Gasteiger partial charge is 0.313 e. The van der Waals surface area contributed by atoms with Crippen molar-refractivity contribution in [3.63, 3.8) is 0 Å². The van der Waals surface area contributed by atoms with E-state index in [4.69, 9.17) is 0 Å². The number of nitrogens with zero attached hydrogens (tertiary/aromatic N) is 3. The summed E-state index contributed by atoms with van der Waals surface area (Å²) < 4.78 is 1.64. The van der Waals surface area contributed by atoms with Crippen LogP contribution in [0.15, 0.2) is 0 Å². The zero-order valence-corrected chi connectivity index (χ0v) is 11.7. The fraction of sp³-hybridized carbons (Fsp3) is 0.750. The van der Waals surface area contributed by atoms with Crippen molar-refractivity contribution in [2.75, 3.05) is 6.54 Å². The van der Waals surface area contributed by atoms with Crippen molar-refractivity contribution < 1.29 is 4.92 Å². The first-order valence-electron chi connectivity index (χ1n) is 6.35. The number of nitrogens with one attached hydrogen (secondary N) is 1. The van der Waals surface area contributed by atoms with Gasteiger partial charge in [-0.3, -0.25) is 14.8 Å². The van der Waals surface area contributed by atoms with Crippen molar-refractivity contribution in [1.82, 2.24) is 15.1 Å². The van der Waals surface area contributed by atoms with Crippen molar-refractivity contribution >= 4 is 5.69 Å². The van der Waals surface area contributed by atoms with Crippen LogP contribution in [0.3, 0.4) is 0 Å². The highest BCUT2D eigenvalue weighted by molar-refractivity contribution is 5.43. The molecule has 0 aliphatic rings. The third kappa shape index (κ3) is 2.69. The average Bonchev–Trinajstić information content (AvgIpc) is 2.60. The number of rotatable bonds is 6. The molecule has 2 atom stereocenters. The Balaban J connectivity index is 3.18. The quantitative estimate of drug-likeness (QED) is 0.623. The van der Waals surface area contributed by atoms with E-state index >= 15 is 0 Å². The SMILES string of the molecule is CCNC(CC)C(C)c1c([N+](=O)[O-])c(C)nn1C. The molecule has 0 saturated carbocycles. The molecule has 0 aromatic carbocycles. The van der Waals surface area contributed by atoms with Gasteiger partial charge in [-0.25, -0.2) is 0 Å². The Hall–Kier alpha value is -1.43. The van der Waals surface area contributed by atoms with E-state index in [2.05, 4.69) is 17.3 Å². The molecule has 0 aliphatic carbocycles. The normalized spacial score (nSPS) is 14.5. The maximum atomic E-state index is 11.2. The van der Waals surface area contributed by atoms with Crippen molar-refractivity contribution in [2.45, 2.75) is 46.1 Å². The largest absolute Gasteiger partial charge is 0.314 e. The Bertz CT molecular complexity index is 428. The van der Waals surface area contributed by atoms with E-state index in [-0.39, 0.29) is 22.6 Å². The van der Waals surface area contributed by atoms with Gasteiger partial charge in [0.1, 0.15) is 11.4 Å². The lowest BCUT2D eigenvalue weighted by molar-refractivity contribution is -0.386. The molecule has 0 saturated heterocycles. The fourth-order valence-corrected chi connectivity index (χ4v) is 2.53. The summed E-state index contributed by atoms with van der Waals surface area (Å²) in [5.41, 5.74) is 1.34. The standard InChI is InChI=1S/C12H22N4O2/c1-6-10(13-7-2)8(3)11-12(16(17)18)9(4)14-15(11)5/h8,10,13H,6-7H2,1-5H3. The van der Waals surface area contributed by atoms with Crippen LogP contribution in [0.2, 0.25) is 0 Å². The Morgan fingerprint density at radius 1 is 1.50 bits per heavy atom. The summed E-state index contributed by atoms with van der Waals surface area (Å²) in [4.78, 5) is 10.8. The van der Waals surface area contributed by atoms with Crippen LogP contribution in [-0.4, -0.2) is 27.3 Å². The van der Waals surface area contributed by atoms with E-state index in [9.17, 15) is 10.1 Å². The summed E-state index contributed by atoms with van der Waals surface area (Å²) >= 11 is 0. The van der Waals surface area contributed by atoms with Gasteiger partial charge in [-0.1, -0.05) is 20.8 Å². The van der Waals surface area contributed by atoms with Crippen LogP contribution >= 0.6 is 0 Å². The van der Waals surface area contributed by atoms with Gasteiger partial charge in [0.25, 0.3) is 0 Å². The van der Waals surface area contributed by atoms with Crippen LogP contribution in [0, 0.1) is 17.0 Å². The molecule has 0 radical (unpaired) electrons. The number of hydrogen-bond acceptors (Lipinski definition) is 4. The summed E-state index contributed by atoms with van der Waals surface area (Å²) in [5, 5.41) is 18.7. The minimum Gasteiger partial charge on any atom is -0.314 e. The summed E-state index contributed by atoms with van der Waals surface area (Å²) in [6, 6.07) is 0.225. The van der Waals surface area contributed by atoms with Gasteiger partial charge in [0, 0.05) is 19.0 Å². The first-order chi connectivity index (χ1) is 8.43. The maximum Gasteiger partial charge on any atom is 0.313 e. The molecular formula is C12H22N4O2. The highest BCUT2D eigenvalue weighted by atomic mass is 16.6. The van der Waals surface area contributed by atoms with Gasteiger partial charge in [-0.2, -0.15) is 5.10 Å². The molecule has 102 valence electrons. The van der Waals surface area contributed by atoms with Gasteiger partial charge in [0.05, 0.1) is 4.92 Å². The van der Waals surface area contributed by atoms with Gasteiger partial charge >= 0.3 is 5.69 Å².